The highest BCUT2D eigenvalue weighted by Gasteiger charge is 2.26. The molecule has 9 heteroatoms. The molecule has 36 heavy (non-hydrogen) atoms. The van der Waals surface area contributed by atoms with E-state index in [1.807, 2.05) is 18.2 Å². The fraction of sp³-hybridized carbons (Fsp3) is 0.296. The number of anilines is 1. The van der Waals surface area contributed by atoms with Crippen LogP contribution in [0, 0.1) is 5.82 Å². The highest BCUT2D eigenvalue weighted by molar-refractivity contribution is 7.98. The third-order valence-electron chi connectivity index (χ3n) is 5.76. The van der Waals surface area contributed by atoms with Crippen molar-refractivity contribution in [3.8, 4) is 0 Å². The largest absolute Gasteiger partial charge is 0.396 e. The van der Waals surface area contributed by atoms with Gasteiger partial charge in [-0.25, -0.2) is 9.82 Å². The van der Waals surface area contributed by atoms with Crippen LogP contribution in [-0.2, 0) is 18.6 Å². The number of aliphatic hydroxyl groups excluding tert-OH is 1. The fourth-order valence-corrected chi connectivity index (χ4v) is 6.21. The summed E-state index contributed by atoms with van der Waals surface area (Å²) in [4.78, 5) is 27.4. The average molecular weight is 526 g/mol. The minimum Gasteiger partial charge on any atom is -0.396 e. The van der Waals surface area contributed by atoms with Crippen LogP contribution in [0.2, 0.25) is 0 Å². The van der Waals surface area contributed by atoms with Crippen molar-refractivity contribution in [2.24, 2.45) is 5.10 Å². The molecule has 188 valence electrons. The van der Waals surface area contributed by atoms with E-state index in [-0.39, 0.29) is 18.3 Å². The van der Waals surface area contributed by atoms with Gasteiger partial charge in [0.05, 0.1) is 11.8 Å². The van der Waals surface area contributed by atoms with Crippen molar-refractivity contribution in [2.75, 3.05) is 17.7 Å². The second kappa shape index (κ2) is 12.8. The van der Waals surface area contributed by atoms with Crippen LogP contribution in [0.4, 0.5) is 9.39 Å². The topological polar surface area (TPSA) is 90.8 Å². The van der Waals surface area contributed by atoms with Gasteiger partial charge >= 0.3 is 0 Å². The number of rotatable bonds is 10. The Labute approximate surface area is 218 Å². The number of hydrazone groups is 1. The van der Waals surface area contributed by atoms with Crippen LogP contribution >= 0.6 is 23.1 Å². The summed E-state index contributed by atoms with van der Waals surface area (Å²) in [6.07, 6.45) is 5.82. The van der Waals surface area contributed by atoms with Gasteiger partial charge in [-0.3, -0.25) is 9.59 Å². The fourth-order valence-electron chi connectivity index (χ4n) is 4.04. The molecule has 0 aliphatic heterocycles. The maximum Gasteiger partial charge on any atom is 0.274 e. The van der Waals surface area contributed by atoms with Crippen LogP contribution in [-0.4, -0.2) is 35.5 Å². The Hall–Kier alpha value is -3.01. The number of aliphatic hydroxyl groups is 1. The molecular formula is C27H28FN3O3S2. The van der Waals surface area contributed by atoms with Gasteiger partial charge in [-0.05, 0) is 78.8 Å². The van der Waals surface area contributed by atoms with Crippen molar-refractivity contribution >= 4 is 46.1 Å². The Kier molecular flexibility index (Phi) is 9.27. The van der Waals surface area contributed by atoms with Gasteiger partial charge in [0.25, 0.3) is 11.8 Å². The van der Waals surface area contributed by atoms with Gasteiger partial charge in [-0.2, -0.15) is 16.9 Å². The third kappa shape index (κ3) is 6.81. The van der Waals surface area contributed by atoms with E-state index in [9.17, 15) is 14.0 Å². The van der Waals surface area contributed by atoms with Crippen molar-refractivity contribution < 1.29 is 19.1 Å². The lowest BCUT2D eigenvalue weighted by molar-refractivity contribution is 0.0955. The van der Waals surface area contributed by atoms with Crippen LogP contribution in [0.5, 0.6) is 0 Å². The Morgan fingerprint density at radius 1 is 1.11 bits per heavy atom. The molecule has 0 radical (unpaired) electrons. The van der Waals surface area contributed by atoms with Crippen LogP contribution in [0.3, 0.4) is 0 Å². The lowest BCUT2D eigenvalue weighted by atomic mass is 9.95. The maximum atomic E-state index is 13.4. The van der Waals surface area contributed by atoms with Gasteiger partial charge < -0.3 is 10.4 Å². The number of amides is 2. The number of aryl methyl sites for hydroxylation is 1. The molecule has 3 aromatic rings. The maximum absolute atomic E-state index is 13.4. The Bertz CT molecular complexity index is 1260. The normalized spacial score (nSPS) is 12.9. The van der Waals surface area contributed by atoms with E-state index >= 15 is 0 Å². The summed E-state index contributed by atoms with van der Waals surface area (Å²) in [5.41, 5.74) is 6.05. The Morgan fingerprint density at radius 3 is 2.78 bits per heavy atom. The van der Waals surface area contributed by atoms with Gasteiger partial charge in [-0.1, -0.05) is 24.3 Å². The second-order valence-corrected chi connectivity index (χ2v) is 10.7. The van der Waals surface area contributed by atoms with E-state index in [2.05, 4.69) is 15.8 Å². The zero-order chi connectivity index (χ0) is 25.3. The molecule has 1 aliphatic rings. The molecule has 0 spiro atoms. The lowest BCUT2D eigenvalue weighted by Crippen LogP contribution is -2.22. The summed E-state index contributed by atoms with van der Waals surface area (Å²) in [5, 5.41) is 16.4. The van der Waals surface area contributed by atoms with Gasteiger partial charge in [0.1, 0.15) is 10.8 Å². The number of carbonyl (C=O) groups excluding carboxylic acids is 2. The van der Waals surface area contributed by atoms with E-state index in [1.165, 1.54) is 29.7 Å². The minimum atomic E-state index is -0.397. The Morgan fingerprint density at radius 2 is 1.94 bits per heavy atom. The molecule has 3 N–H and O–H groups in total. The summed E-state index contributed by atoms with van der Waals surface area (Å²) in [6.45, 7) is 0.173. The Balaban J connectivity index is 1.50. The number of nitrogens with zero attached hydrogens (tertiary/aromatic N) is 1. The molecule has 6 nitrogen and oxygen atoms in total. The quantitative estimate of drug-likeness (QED) is 0.188. The molecule has 0 unspecified atom stereocenters. The van der Waals surface area contributed by atoms with Crippen LogP contribution in [0.15, 0.2) is 53.6 Å². The van der Waals surface area contributed by atoms with Crippen LogP contribution in [0.1, 0.15) is 61.5 Å². The minimum absolute atomic E-state index is 0.173. The summed E-state index contributed by atoms with van der Waals surface area (Å²) in [5.74, 6) is 0.564. The summed E-state index contributed by atoms with van der Waals surface area (Å²) in [6, 6.07) is 13.4. The molecule has 1 aliphatic carbocycles. The zero-order valence-electron chi connectivity index (χ0n) is 19.8. The first-order valence-corrected chi connectivity index (χ1v) is 13.8. The predicted octanol–water partition coefficient (Wildman–Crippen LogP) is 5.40. The van der Waals surface area contributed by atoms with Crippen LogP contribution in [0.25, 0.3) is 0 Å². The monoisotopic (exact) mass is 525 g/mol. The standard InChI is InChI=1S/C27H28FN3O3S2/c28-21-9-4-6-18(15-21)16-29-31-26(34)24-22-10-1-2-11-23(22)36-27(24)30-25(33)20-8-3-7-19(14-20)17-35-13-5-12-32/h3-4,6-9,14-16,32H,1-2,5,10-13,17H2,(H,30,33)(H,31,34)/b29-16+. The molecule has 2 amide bonds. The first-order chi connectivity index (χ1) is 17.5. The van der Waals surface area contributed by atoms with Crippen molar-refractivity contribution in [1.29, 1.82) is 0 Å². The number of fused-ring (bicyclic) bond motifs is 1. The molecular weight excluding hydrogens is 497 g/mol. The average Bonchev–Trinajstić information content (AvgIpc) is 3.24. The predicted molar refractivity (Wildman–Crippen MR) is 145 cm³/mol. The summed E-state index contributed by atoms with van der Waals surface area (Å²) < 4.78 is 13.4. The van der Waals surface area contributed by atoms with Gasteiger partial charge in [0.15, 0.2) is 0 Å². The molecule has 1 aromatic heterocycles. The van der Waals surface area contributed by atoms with E-state index in [0.29, 0.717) is 21.7 Å². The number of hydrogen-bond acceptors (Lipinski definition) is 6. The lowest BCUT2D eigenvalue weighted by Gasteiger charge is -2.12. The number of carbonyl (C=O) groups is 2. The smallest absolute Gasteiger partial charge is 0.274 e. The molecule has 0 saturated heterocycles. The van der Waals surface area contributed by atoms with Crippen molar-refractivity contribution in [3.05, 3.63) is 87.0 Å². The number of thiophene rings is 1. The highest BCUT2D eigenvalue weighted by Crippen LogP contribution is 2.38. The van der Waals surface area contributed by atoms with Crippen molar-refractivity contribution in [3.63, 3.8) is 0 Å². The molecule has 2 aromatic carbocycles. The molecule has 0 fully saturated rings. The number of benzene rings is 2. The van der Waals surface area contributed by atoms with E-state index < -0.39 is 5.91 Å². The molecule has 4 rings (SSSR count). The van der Waals surface area contributed by atoms with E-state index in [1.54, 1.807) is 30.0 Å². The molecule has 0 saturated carbocycles. The second-order valence-electron chi connectivity index (χ2n) is 8.45. The number of thioether (sulfide) groups is 1. The zero-order valence-corrected chi connectivity index (χ0v) is 21.4. The van der Waals surface area contributed by atoms with Crippen molar-refractivity contribution in [2.45, 2.75) is 37.9 Å². The van der Waals surface area contributed by atoms with Crippen molar-refractivity contribution in [1.82, 2.24) is 5.43 Å². The number of halogens is 1. The number of hydrogen-bond donors (Lipinski definition) is 3. The summed E-state index contributed by atoms with van der Waals surface area (Å²) in [7, 11) is 0. The first kappa shape index (κ1) is 26.1. The first-order valence-electron chi connectivity index (χ1n) is 11.9. The van der Waals surface area contributed by atoms with E-state index in [4.69, 9.17) is 5.11 Å². The number of nitrogens with one attached hydrogen (secondary N) is 2. The van der Waals surface area contributed by atoms with Gasteiger partial charge in [0.2, 0.25) is 0 Å². The molecule has 0 atom stereocenters. The van der Waals surface area contributed by atoms with Crippen LogP contribution < -0.4 is 10.7 Å². The molecule has 0 bridgehead atoms. The summed E-state index contributed by atoms with van der Waals surface area (Å²) >= 11 is 3.16. The van der Waals surface area contributed by atoms with E-state index in [0.717, 1.165) is 59.6 Å². The van der Waals surface area contributed by atoms with Gasteiger partial charge in [0, 0.05) is 22.8 Å². The molecule has 1 heterocycles. The SMILES string of the molecule is O=C(Nc1sc2c(c1C(=O)N/N=C/c1cccc(F)c1)CCCC2)c1cccc(CSCCCO)c1. The highest BCUT2D eigenvalue weighted by atomic mass is 32.2. The van der Waals surface area contributed by atoms with Gasteiger partial charge in [-0.15, -0.1) is 11.3 Å². The third-order valence-corrected chi connectivity index (χ3v) is 8.08.